The third-order valence-corrected chi connectivity index (χ3v) is 4.62. The first-order valence-electron chi connectivity index (χ1n) is 9.73. The van der Waals surface area contributed by atoms with Crippen LogP contribution in [0, 0.1) is 12.7 Å². The van der Waals surface area contributed by atoms with Crippen LogP contribution >= 0.6 is 0 Å². The number of carbonyl (C=O) groups is 1. The van der Waals surface area contributed by atoms with Gasteiger partial charge in [0, 0.05) is 20.3 Å². The van der Waals surface area contributed by atoms with E-state index in [1.54, 1.807) is 19.2 Å². The number of halogens is 1. The average Bonchev–Trinajstić information content (AvgIpc) is 2.76. The van der Waals surface area contributed by atoms with Gasteiger partial charge in [0.05, 0.1) is 12.2 Å². The van der Waals surface area contributed by atoms with Gasteiger partial charge in [0.15, 0.2) is 0 Å². The molecular formula is C22H23FN4O4. The molecule has 0 saturated carbocycles. The summed E-state index contributed by atoms with van der Waals surface area (Å²) < 4.78 is 20.2. The molecule has 0 aliphatic heterocycles. The summed E-state index contributed by atoms with van der Waals surface area (Å²) in [5.41, 5.74) is 0.0334. The number of aryl methyl sites for hydroxylation is 1. The molecule has 0 aliphatic rings. The third kappa shape index (κ3) is 5.32. The van der Waals surface area contributed by atoms with Crippen LogP contribution in [0.4, 0.5) is 4.39 Å². The van der Waals surface area contributed by atoms with Crippen molar-refractivity contribution in [2.75, 3.05) is 20.3 Å². The summed E-state index contributed by atoms with van der Waals surface area (Å²) in [4.78, 5) is 38.6. The van der Waals surface area contributed by atoms with Gasteiger partial charge < -0.3 is 10.1 Å². The molecule has 162 valence electrons. The van der Waals surface area contributed by atoms with Crippen LogP contribution in [0.1, 0.15) is 28.0 Å². The maximum absolute atomic E-state index is 13.3. The van der Waals surface area contributed by atoms with E-state index in [0.29, 0.717) is 18.6 Å². The first-order valence-corrected chi connectivity index (χ1v) is 9.73. The minimum Gasteiger partial charge on any atom is -0.385 e. The number of carbonyl (C=O) groups excluding carboxylic acids is 1. The quantitative estimate of drug-likeness (QED) is 0.553. The highest BCUT2D eigenvalue weighted by atomic mass is 19.1. The lowest BCUT2D eigenvalue weighted by molar-refractivity contribution is 0.0938. The molecule has 1 heterocycles. The average molecular weight is 426 g/mol. The molecule has 0 unspecified atom stereocenters. The summed E-state index contributed by atoms with van der Waals surface area (Å²) in [5.74, 6) is -1.18. The van der Waals surface area contributed by atoms with Crippen molar-refractivity contribution in [1.29, 1.82) is 0 Å². The van der Waals surface area contributed by atoms with E-state index in [1.165, 1.54) is 24.3 Å². The number of hydrogen-bond acceptors (Lipinski definition) is 5. The Morgan fingerprint density at radius 1 is 1.10 bits per heavy atom. The van der Waals surface area contributed by atoms with E-state index in [0.717, 1.165) is 14.8 Å². The summed E-state index contributed by atoms with van der Waals surface area (Å²) in [6.45, 7) is 2.61. The lowest BCUT2D eigenvalue weighted by Crippen LogP contribution is -2.46. The fourth-order valence-electron chi connectivity index (χ4n) is 2.93. The van der Waals surface area contributed by atoms with Crippen molar-refractivity contribution in [3.8, 4) is 5.69 Å². The second-order valence-electron chi connectivity index (χ2n) is 7.00. The number of rotatable bonds is 8. The molecule has 1 N–H and O–H groups in total. The van der Waals surface area contributed by atoms with Crippen LogP contribution in [-0.4, -0.2) is 40.5 Å². The van der Waals surface area contributed by atoms with Crippen molar-refractivity contribution in [1.82, 2.24) is 19.7 Å². The van der Waals surface area contributed by atoms with Crippen LogP contribution in [0.2, 0.25) is 0 Å². The number of ether oxygens (including phenoxy) is 1. The smallest absolute Gasteiger partial charge is 0.352 e. The largest absolute Gasteiger partial charge is 0.385 e. The Morgan fingerprint density at radius 3 is 2.42 bits per heavy atom. The normalized spacial score (nSPS) is 10.8. The van der Waals surface area contributed by atoms with E-state index < -0.39 is 28.7 Å². The van der Waals surface area contributed by atoms with Crippen molar-refractivity contribution in [2.45, 2.75) is 19.9 Å². The molecule has 1 amide bonds. The summed E-state index contributed by atoms with van der Waals surface area (Å²) in [5, 5.41) is 6.60. The Kier molecular flexibility index (Phi) is 7.09. The Hall–Kier alpha value is -3.59. The van der Waals surface area contributed by atoms with Gasteiger partial charge in [-0.25, -0.2) is 9.18 Å². The molecule has 31 heavy (non-hydrogen) atoms. The van der Waals surface area contributed by atoms with Crippen LogP contribution in [0.3, 0.4) is 0 Å². The highest BCUT2D eigenvalue weighted by Crippen LogP contribution is 2.07. The number of nitrogens with one attached hydrogen (secondary N) is 1. The van der Waals surface area contributed by atoms with E-state index >= 15 is 0 Å². The molecule has 0 radical (unpaired) electrons. The molecule has 0 bridgehead atoms. The lowest BCUT2D eigenvalue weighted by Gasteiger charge is -2.12. The molecule has 3 aromatic rings. The fraction of sp³-hybridized carbons (Fsp3) is 0.273. The fourth-order valence-corrected chi connectivity index (χ4v) is 2.93. The van der Waals surface area contributed by atoms with Crippen LogP contribution in [0.5, 0.6) is 0 Å². The molecule has 9 heteroatoms. The van der Waals surface area contributed by atoms with Gasteiger partial charge in [-0.2, -0.15) is 9.78 Å². The monoisotopic (exact) mass is 426 g/mol. The summed E-state index contributed by atoms with van der Waals surface area (Å²) in [6, 6.07) is 12.4. The first kappa shape index (κ1) is 22.1. The molecule has 0 fully saturated rings. The van der Waals surface area contributed by atoms with E-state index in [4.69, 9.17) is 4.74 Å². The molecular weight excluding hydrogens is 403 g/mol. The van der Waals surface area contributed by atoms with E-state index in [-0.39, 0.29) is 18.8 Å². The molecule has 0 saturated heterocycles. The van der Waals surface area contributed by atoms with Crippen molar-refractivity contribution in [3.63, 3.8) is 0 Å². The Morgan fingerprint density at radius 2 is 1.77 bits per heavy atom. The zero-order valence-corrected chi connectivity index (χ0v) is 17.3. The van der Waals surface area contributed by atoms with Gasteiger partial charge in [-0.05, 0) is 43.2 Å². The summed E-state index contributed by atoms with van der Waals surface area (Å²) in [6.07, 6.45) is 0.553. The third-order valence-electron chi connectivity index (χ3n) is 4.62. The maximum Gasteiger partial charge on any atom is 0.352 e. The van der Waals surface area contributed by atoms with Crippen LogP contribution < -0.4 is 16.6 Å². The van der Waals surface area contributed by atoms with Gasteiger partial charge in [0.25, 0.3) is 11.5 Å². The molecule has 0 aliphatic carbocycles. The van der Waals surface area contributed by atoms with Gasteiger partial charge in [-0.3, -0.25) is 14.2 Å². The minimum atomic E-state index is -0.798. The predicted molar refractivity (Wildman–Crippen MR) is 113 cm³/mol. The molecule has 8 nitrogen and oxygen atoms in total. The van der Waals surface area contributed by atoms with Gasteiger partial charge >= 0.3 is 5.69 Å². The van der Waals surface area contributed by atoms with Crippen molar-refractivity contribution >= 4 is 5.91 Å². The van der Waals surface area contributed by atoms with E-state index in [1.807, 2.05) is 19.1 Å². The number of benzene rings is 2. The number of methoxy groups -OCH3 is 1. The number of amides is 1. The summed E-state index contributed by atoms with van der Waals surface area (Å²) in [7, 11) is 1.55. The number of nitrogens with zero attached hydrogens (tertiary/aromatic N) is 3. The number of hydrogen-bond donors (Lipinski definition) is 1. The molecule has 1 aromatic heterocycles. The van der Waals surface area contributed by atoms with Crippen LogP contribution in [-0.2, 0) is 11.3 Å². The second-order valence-corrected chi connectivity index (χ2v) is 7.00. The van der Waals surface area contributed by atoms with Gasteiger partial charge in [0.2, 0.25) is 5.69 Å². The summed E-state index contributed by atoms with van der Waals surface area (Å²) >= 11 is 0. The van der Waals surface area contributed by atoms with Gasteiger partial charge in [-0.15, -0.1) is 0 Å². The van der Waals surface area contributed by atoms with Gasteiger partial charge in [0.1, 0.15) is 5.82 Å². The molecule has 3 rings (SSSR count). The second kappa shape index (κ2) is 9.94. The Labute approximate surface area is 177 Å². The molecule has 0 spiro atoms. The zero-order chi connectivity index (χ0) is 22.4. The standard InChI is InChI=1S/C22H23FN4O4/c1-15-4-6-16(7-5-15)14-26-21(29)19(20(28)24-12-3-13-31-2)25-27(22(26)30)18-10-8-17(23)9-11-18/h4-11H,3,12-14H2,1-2H3,(H,24,28). The van der Waals surface area contributed by atoms with Crippen molar-refractivity contribution < 1.29 is 13.9 Å². The Bertz CT molecular complexity index is 1170. The molecule has 2 aromatic carbocycles. The highest BCUT2D eigenvalue weighted by molar-refractivity contribution is 5.91. The topological polar surface area (TPSA) is 95.2 Å². The van der Waals surface area contributed by atoms with Crippen LogP contribution in [0.15, 0.2) is 58.1 Å². The molecule has 0 atom stereocenters. The maximum atomic E-state index is 13.3. The predicted octanol–water partition coefficient (Wildman–Crippen LogP) is 1.66. The SMILES string of the molecule is COCCCNC(=O)c1nn(-c2ccc(F)cc2)c(=O)n(Cc2ccc(C)cc2)c1=O. The van der Waals surface area contributed by atoms with Crippen LogP contribution in [0.25, 0.3) is 5.69 Å². The Balaban J connectivity index is 2.07. The van der Waals surface area contributed by atoms with Crippen molar-refractivity contribution in [3.05, 3.63) is 92.0 Å². The minimum absolute atomic E-state index is 0.0361. The number of aromatic nitrogens is 3. The van der Waals surface area contributed by atoms with Gasteiger partial charge in [-0.1, -0.05) is 29.8 Å². The van der Waals surface area contributed by atoms with E-state index in [2.05, 4.69) is 10.4 Å². The van der Waals surface area contributed by atoms with E-state index in [9.17, 15) is 18.8 Å². The lowest BCUT2D eigenvalue weighted by atomic mass is 10.1. The highest BCUT2D eigenvalue weighted by Gasteiger charge is 2.20. The first-order chi connectivity index (χ1) is 14.9. The van der Waals surface area contributed by atoms with Crippen molar-refractivity contribution in [2.24, 2.45) is 0 Å². The zero-order valence-electron chi connectivity index (χ0n) is 17.3.